The van der Waals surface area contributed by atoms with Crippen LogP contribution in [0.5, 0.6) is 0 Å². The van der Waals surface area contributed by atoms with Gasteiger partial charge in [-0.2, -0.15) is 5.26 Å². The Morgan fingerprint density at radius 3 is 1.28 bits per heavy atom. The summed E-state index contributed by atoms with van der Waals surface area (Å²) in [4.78, 5) is 17.7. The Morgan fingerprint density at radius 2 is 0.750 bits per heavy atom. The molecule has 0 radical (unpaired) electrons. The summed E-state index contributed by atoms with van der Waals surface area (Å²) in [5.41, 5.74) is 16.0. The second-order valence-corrected chi connectivity index (χ2v) is 15.7. The van der Waals surface area contributed by atoms with Gasteiger partial charge in [0.15, 0.2) is 0 Å². The molecule has 64 heavy (non-hydrogen) atoms. The van der Waals surface area contributed by atoms with Crippen LogP contribution >= 0.6 is 0 Å². The average molecular weight is 818 g/mol. The van der Waals surface area contributed by atoms with Gasteiger partial charge in [0, 0.05) is 93.5 Å². The lowest BCUT2D eigenvalue weighted by molar-refractivity contribution is 1.17. The van der Waals surface area contributed by atoms with E-state index in [0.717, 1.165) is 94.5 Å². The normalized spacial score (nSPS) is 11.4. The lowest BCUT2D eigenvalue weighted by Gasteiger charge is -2.27. The van der Waals surface area contributed by atoms with Crippen molar-refractivity contribution in [2.45, 2.75) is 0 Å². The van der Waals surface area contributed by atoms with Gasteiger partial charge in [-0.1, -0.05) is 72.8 Å². The second kappa shape index (κ2) is 15.2. The number of hydrogen-bond donors (Lipinski definition) is 0. The van der Waals surface area contributed by atoms with E-state index < -0.39 is 0 Å². The molecular weight excluding hydrogens is 783 g/mol. The summed E-state index contributed by atoms with van der Waals surface area (Å²) in [5.74, 6) is 0. The maximum Gasteiger partial charge on any atom is 0.100 e. The molecule has 0 fully saturated rings. The molecule has 12 rings (SSSR count). The van der Waals surface area contributed by atoms with Crippen molar-refractivity contribution in [3.05, 3.63) is 219 Å². The van der Waals surface area contributed by atoms with E-state index in [-0.39, 0.29) is 0 Å². The largest absolute Gasteiger partial charge is 0.309 e. The van der Waals surface area contributed by atoms with Gasteiger partial charge in [0.1, 0.15) is 6.07 Å². The Bertz CT molecular complexity index is 3760. The fourth-order valence-electron chi connectivity index (χ4n) is 9.87. The van der Waals surface area contributed by atoms with E-state index >= 15 is 0 Å². The van der Waals surface area contributed by atoms with Crippen LogP contribution < -0.4 is 0 Å². The van der Waals surface area contributed by atoms with Gasteiger partial charge in [0.2, 0.25) is 0 Å². The van der Waals surface area contributed by atoms with Crippen LogP contribution in [0.2, 0.25) is 0 Å². The quantitative estimate of drug-likeness (QED) is 0.160. The number of nitriles is 1. The molecule has 0 saturated carbocycles. The van der Waals surface area contributed by atoms with E-state index in [1.165, 1.54) is 16.2 Å². The van der Waals surface area contributed by atoms with Gasteiger partial charge in [0.05, 0.1) is 33.3 Å². The van der Waals surface area contributed by atoms with E-state index in [2.05, 4.69) is 150 Å². The first kappa shape index (κ1) is 36.8. The highest BCUT2D eigenvalue weighted by atomic mass is 15.0. The third kappa shape index (κ3) is 5.67. The Kier molecular flexibility index (Phi) is 8.73. The van der Waals surface area contributed by atoms with Crippen LogP contribution in [-0.2, 0) is 0 Å². The summed E-state index contributed by atoms with van der Waals surface area (Å²) in [6.07, 6.45) is 14.5. The first-order valence-electron chi connectivity index (χ1n) is 21.2. The summed E-state index contributed by atoms with van der Waals surface area (Å²) in [6, 6.07) is 60.0. The molecule has 0 aliphatic carbocycles. The average Bonchev–Trinajstić information content (AvgIpc) is 3.89. The van der Waals surface area contributed by atoms with Crippen molar-refractivity contribution in [1.29, 1.82) is 5.26 Å². The molecule has 0 N–H and O–H groups in total. The minimum Gasteiger partial charge on any atom is -0.309 e. The molecule has 0 aliphatic rings. The van der Waals surface area contributed by atoms with Crippen LogP contribution in [0.15, 0.2) is 213 Å². The van der Waals surface area contributed by atoms with Crippen molar-refractivity contribution in [3.8, 4) is 73.1 Å². The topological polar surface area (TPSA) is 85.2 Å². The van der Waals surface area contributed by atoms with Crippen molar-refractivity contribution in [1.82, 2.24) is 29.1 Å². The molecule has 0 amide bonds. The highest BCUT2D eigenvalue weighted by Crippen LogP contribution is 2.54. The highest BCUT2D eigenvalue weighted by Gasteiger charge is 2.30. The van der Waals surface area contributed by atoms with Gasteiger partial charge in [-0.25, -0.2) is 0 Å². The second-order valence-electron chi connectivity index (χ2n) is 15.7. The molecule has 6 aromatic carbocycles. The van der Waals surface area contributed by atoms with E-state index in [9.17, 15) is 5.26 Å². The molecule has 7 heteroatoms. The van der Waals surface area contributed by atoms with Gasteiger partial charge in [-0.05, 0) is 130 Å². The summed E-state index contributed by atoms with van der Waals surface area (Å²) < 4.78 is 4.76. The number of para-hydroxylation sites is 4. The molecule has 12 aromatic rings. The van der Waals surface area contributed by atoms with Crippen molar-refractivity contribution in [2.75, 3.05) is 0 Å². The van der Waals surface area contributed by atoms with Gasteiger partial charge in [-0.3, -0.25) is 19.9 Å². The summed E-state index contributed by atoms with van der Waals surface area (Å²) in [5, 5.41) is 16.5. The molecule has 0 aliphatic heterocycles. The third-order valence-corrected chi connectivity index (χ3v) is 12.4. The Balaban J connectivity index is 1.26. The number of nitrogens with zero attached hydrogens (tertiary/aromatic N) is 7. The number of aromatic nitrogens is 6. The van der Waals surface area contributed by atoms with Crippen LogP contribution in [0.25, 0.3) is 111 Å². The lowest BCUT2D eigenvalue weighted by atomic mass is 9.76. The summed E-state index contributed by atoms with van der Waals surface area (Å²) >= 11 is 0. The first-order chi connectivity index (χ1) is 31.8. The molecule has 298 valence electrons. The number of benzene rings is 6. The Hall–Kier alpha value is -8.99. The maximum absolute atomic E-state index is 11.8. The highest BCUT2D eigenvalue weighted by molar-refractivity contribution is 6.29. The molecule has 6 heterocycles. The summed E-state index contributed by atoms with van der Waals surface area (Å²) in [6.45, 7) is 0. The lowest BCUT2D eigenvalue weighted by Crippen LogP contribution is -2.05. The molecule has 0 bridgehead atoms. The number of rotatable bonds is 7. The Morgan fingerprint density at radius 1 is 0.344 bits per heavy atom. The molecular formula is C57H35N7. The number of hydrogen-bond acceptors (Lipinski definition) is 5. The predicted octanol–water partition coefficient (Wildman–Crippen LogP) is 13.7. The summed E-state index contributed by atoms with van der Waals surface area (Å²) in [7, 11) is 0. The van der Waals surface area contributed by atoms with Gasteiger partial charge in [-0.15, -0.1) is 0 Å². The van der Waals surface area contributed by atoms with E-state index in [1.807, 2.05) is 73.3 Å². The van der Waals surface area contributed by atoms with Crippen LogP contribution in [0, 0.1) is 11.3 Å². The standard InChI is InChI=1S/C57H35N7/c58-36-45-51(37-20-28-59-29-21-37)52(38-22-30-60-31-23-38)53(39-24-32-61-33-25-39)54(40-26-34-62-35-27-40)55(45)42-12-4-8-16-47(42)64-48-17-9-6-14-44(48)57-50(64)19-18-49-56(57)43-13-5-7-15-46(43)63(49)41-10-2-1-3-11-41/h1-35H. The molecule has 0 atom stereocenters. The number of fused-ring (bicyclic) bond motifs is 7. The van der Waals surface area contributed by atoms with Gasteiger partial charge in [0.25, 0.3) is 0 Å². The smallest absolute Gasteiger partial charge is 0.100 e. The third-order valence-electron chi connectivity index (χ3n) is 12.4. The molecule has 0 unspecified atom stereocenters. The van der Waals surface area contributed by atoms with Crippen molar-refractivity contribution >= 4 is 43.6 Å². The molecule has 7 nitrogen and oxygen atoms in total. The fourth-order valence-corrected chi connectivity index (χ4v) is 9.87. The van der Waals surface area contributed by atoms with Gasteiger partial charge >= 0.3 is 0 Å². The van der Waals surface area contributed by atoms with Crippen LogP contribution in [0.3, 0.4) is 0 Å². The van der Waals surface area contributed by atoms with E-state index in [1.54, 1.807) is 24.8 Å². The van der Waals surface area contributed by atoms with Crippen molar-refractivity contribution in [2.24, 2.45) is 0 Å². The minimum absolute atomic E-state index is 0.546. The predicted molar refractivity (Wildman–Crippen MR) is 258 cm³/mol. The molecule has 0 saturated heterocycles. The van der Waals surface area contributed by atoms with E-state index in [4.69, 9.17) is 0 Å². The van der Waals surface area contributed by atoms with Crippen LogP contribution in [-0.4, -0.2) is 29.1 Å². The monoisotopic (exact) mass is 817 g/mol. The first-order valence-corrected chi connectivity index (χ1v) is 21.2. The zero-order chi connectivity index (χ0) is 42.6. The molecule has 0 spiro atoms. The molecule has 6 aromatic heterocycles. The van der Waals surface area contributed by atoms with Crippen LogP contribution in [0.1, 0.15) is 5.56 Å². The fraction of sp³-hybridized carbons (Fsp3) is 0. The number of pyridine rings is 4. The maximum atomic E-state index is 11.8. The van der Waals surface area contributed by atoms with Crippen LogP contribution in [0.4, 0.5) is 0 Å². The Labute approximate surface area is 368 Å². The minimum atomic E-state index is 0.546. The van der Waals surface area contributed by atoms with Gasteiger partial charge < -0.3 is 9.13 Å². The van der Waals surface area contributed by atoms with Crippen molar-refractivity contribution < 1.29 is 0 Å². The van der Waals surface area contributed by atoms with E-state index in [0.29, 0.717) is 5.56 Å². The van der Waals surface area contributed by atoms with Crippen molar-refractivity contribution in [3.63, 3.8) is 0 Å². The SMILES string of the molecule is N#Cc1c(-c2ccncc2)c(-c2ccncc2)c(-c2ccncc2)c(-c2ccncc2)c1-c1ccccc1-n1c2ccccc2c2c3c4ccccc4n(-c4ccccc4)c3ccc21. The zero-order valence-electron chi connectivity index (χ0n) is 34.3. The zero-order valence-corrected chi connectivity index (χ0v) is 34.3.